The Morgan fingerprint density at radius 3 is 1.62 bits per heavy atom. The molecule has 0 saturated carbocycles. The van der Waals surface area contributed by atoms with E-state index in [1.165, 1.54) is 0 Å². The second-order valence-electron chi connectivity index (χ2n) is 7.20. The van der Waals surface area contributed by atoms with Gasteiger partial charge in [-0.05, 0) is 52.7 Å². The lowest BCUT2D eigenvalue weighted by Gasteiger charge is -2.32. The van der Waals surface area contributed by atoms with Gasteiger partial charge < -0.3 is 14.8 Å². The van der Waals surface area contributed by atoms with E-state index in [1.54, 1.807) is 0 Å². The third-order valence-electron chi connectivity index (χ3n) is 2.46. The van der Waals surface area contributed by atoms with Crippen LogP contribution in [0, 0.1) is 0 Å². The average Bonchev–Trinajstić information content (AvgIpc) is 2.24. The van der Waals surface area contributed by atoms with Crippen molar-refractivity contribution >= 4 is 7.60 Å². The third-order valence-corrected chi connectivity index (χ3v) is 4.87. The van der Waals surface area contributed by atoms with E-state index < -0.39 is 18.8 Å². The van der Waals surface area contributed by atoms with Crippen molar-refractivity contribution in [3.63, 3.8) is 0 Å². The lowest BCUT2D eigenvalue weighted by atomic mass is 10.1. The van der Waals surface area contributed by atoms with Crippen LogP contribution in [-0.2, 0) is 26.3 Å². The highest BCUT2D eigenvalue weighted by Crippen LogP contribution is 2.56. The Kier molecular flexibility index (Phi) is 5.79. The Balaban J connectivity index is 2.98. The largest absolute Gasteiger partial charge is 0.336 e. The van der Waals surface area contributed by atoms with Gasteiger partial charge in [0, 0.05) is 6.54 Å². The molecule has 1 rings (SSSR count). The van der Waals surface area contributed by atoms with Crippen LogP contribution in [0.15, 0.2) is 24.3 Å². The quantitative estimate of drug-likeness (QED) is 0.815. The minimum Gasteiger partial charge on any atom is -0.326 e. The van der Waals surface area contributed by atoms with E-state index in [0.717, 1.165) is 11.1 Å². The molecule has 0 heterocycles. The van der Waals surface area contributed by atoms with Gasteiger partial charge >= 0.3 is 7.60 Å². The Morgan fingerprint density at radius 1 is 0.905 bits per heavy atom. The normalized spacial score (nSPS) is 13.5. The molecule has 0 unspecified atom stereocenters. The lowest BCUT2D eigenvalue weighted by Crippen LogP contribution is -2.24. The van der Waals surface area contributed by atoms with Crippen LogP contribution in [0.5, 0.6) is 0 Å². The van der Waals surface area contributed by atoms with Crippen molar-refractivity contribution in [2.45, 2.75) is 65.5 Å². The van der Waals surface area contributed by atoms with Crippen molar-refractivity contribution in [2.75, 3.05) is 0 Å². The molecule has 0 atom stereocenters. The lowest BCUT2D eigenvalue weighted by molar-refractivity contribution is 0.0485. The summed E-state index contributed by atoms with van der Waals surface area (Å²) in [6.45, 7) is 11.8. The molecule has 1 aromatic rings. The summed E-state index contributed by atoms with van der Waals surface area (Å²) in [6.07, 6.45) is 0.256. The van der Waals surface area contributed by atoms with E-state index >= 15 is 0 Å². The molecule has 0 fully saturated rings. The van der Waals surface area contributed by atoms with Crippen molar-refractivity contribution in [2.24, 2.45) is 5.73 Å². The van der Waals surface area contributed by atoms with Gasteiger partial charge in [0.05, 0.1) is 17.4 Å². The van der Waals surface area contributed by atoms with Gasteiger partial charge in [-0.2, -0.15) is 0 Å². The van der Waals surface area contributed by atoms with Crippen molar-refractivity contribution in [1.29, 1.82) is 0 Å². The fourth-order valence-corrected chi connectivity index (χ4v) is 4.42. The van der Waals surface area contributed by atoms with Crippen LogP contribution in [-0.4, -0.2) is 11.2 Å². The van der Waals surface area contributed by atoms with Gasteiger partial charge in [0.25, 0.3) is 0 Å². The SMILES string of the molecule is CC(C)(C)OP(=O)(Cc1ccc(CN)cc1)OC(C)(C)C. The second kappa shape index (κ2) is 6.62. The topological polar surface area (TPSA) is 61.5 Å². The number of benzene rings is 1. The van der Waals surface area contributed by atoms with Gasteiger partial charge in [0.15, 0.2) is 0 Å². The molecule has 120 valence electrons. The van der Waals surface area contributed by atoms with Gasteiger partial charge in [0.1, 0.15) is 0 Å². The Hall–Kier alpha value is -0.670. The summed E-state index contributed by atoms with van der Waals surface area (Å²) < 4.78 is 24.6. The molecule has 1 aromatic carbocycles. The van der Waals surface area contributed by atoms with Crippen molar-refractivity contribution in [3.05, 3.63) is 35.4 Å². The maximum Gasteiger partial charge on any atom is 0.336 e. The summed E-state index contributed by atoms with van der Waals surface area (Å²) >= 11 is 0. The molecule has 2 N–H and O–H groups in total. The Morgan fingerprint density at radius 2 is 1.29 bits per heavy atom. The van der Waals surface area contributed by atoms with Crippen molar-refractivity contribution in [1.82, 2.24) is 0 Å². The molecular weight excluding hydrogens is 285 g/mol. The number of hydrogen-bond donors (Lipinski definition) is 1. The maximum atomic E-state index is 13.1. The van der Waals surface area contributed by atoms with Crippen LogP contribution in [0.3, 0.4) is 0 Å². The summed E-state index contributed by atoms with van der Waals surface area (Å²) in [4.78, 5) is 0. The van der Waals surface area contributed by atoms with E-state index in [9.17, 15) is 4.57 Å². The van der Waals surface area contributed by atoms with Crippen LogP contribution >= 0.6 is 7.60 Å². The average molecular weight is 313 g/mol. The molecule has 21 heavy (non-hydrogen) atoms. The maximum absolute atomic E-state index is 13.1. The van der Waals surface area contributed by atoms with E-state index in [0.29, 0.717) is 6.54 Å². The predicted octanol–water partition coefficient (Wildman–Crippen LogP) is 4.47. The highest BCUT2D eigenvalue weighted by Gasteiger charge is 2.35. The van der Waals surface area contributed by atoms with Gasteiger partial charge in [-0.15, -0.1) is 0 Å². The summed E-state index contributed by atoms with van der Waals surface area (Å²) in [5, 5.41) is 0. The zero-order chi connectivity index (χ0) is 16.3. The Bertz CT molecular complexity index is 478. The highest BCUT2D eigenvalue weighted by atomic mass is 31.2. The minimum atomic E-state index is -3.24. The Labute approximate surface area is 128 Å². The first-order valence-electron chi connectivity index (χ1n) is 7.21. The van der Waals surface area contributed by atoms with E-state index in [-0.39, 0.29) is 6.16 Å². The van der Waals surface area contributed by atoms with Crippen LogP contribution < -0.4 is 5.73 Å². The summed E-state index contributed by atoms with van der Waals surface area (Å²) in [6, 6.07) is 7.72. The van der Waals surface area contributed by atoms with E-state index in [1.807, 2.05) is 65.8 Å². The second-order valence-corrected chi connectivity index (χ2v) is 9.10. The fraction of sp³-hybridized carbons (Fsp3) is 0.625. The summed E-state index contributed by atoms with van der Waals surface area (Å²) in [7, 11) is -3.24. The number of nitrogens with two attached hydrogens (primary N) is 1. The molecule has 0 spiro atoms. The first-order valence-corrected chi connectivity index (χ1v) is 8.94. The molecular formula is C16H28NO3P. The molecule has 0 bridgehead atoms. The minimum absolute atomic E-state index is 0.256. The first kappa shape index (κ1) is 18.4. The molecule has 4 nitrogen and oxygen atoms in total. The zero-order valence-corrected chi connectivity index (χ0v) is 14.9. The third kappa shape index (κ3) is 7.23. The van der Waals surface area contributed by atoms with Crippen LogP contribution in [0.1, 0.15) is 52.7 Å². The molecule has 0 aliphatic rings. The fourth-order valence-electron chi connectivity index (χ4n) is 1.92. The van der Waals surface area contributed by atoms with Gasteiger partial charge in [-0.25, -0.2) is 0 Å². The summed E-state index contributed by atoms with van der Waals surface area (Å²) in [5.74, 6) is 0. The molecule has 0 radical (unpaired) electrons. The van der Waals surface area contributed by atoms with Crippen molar-refractivity contribution < 1.29 is 13.6 Å². The standard InChI is InChI=1S/C16H28NO3P/c1-15(2,3)19-21(18,20-16(4,5)6)12-14-9-7-13(11-17)8-10-14/h7-10H,11-12,17H2,1-6H3. The molecule has 0 aromatic heterocycles. The molecule has 5 heteroatoms. The van der Waals surface area contributed by atoms with Crippen LogP contribution in [0.2, 0.25) is 0 Å². The molecule has 0 saturated heterocycles. The van der Waals surface area contributed by atoms with E-state index in [2.05, 4.69) is 0 Å². The smallest absolute Gasteiger partial charge is 0.326 e. The summed E-state index contributed by atoms with van der Waals surface area (Å²) in [5.41, 5.74) is 6.49. The van der Waals surface area contributed by atoms with Gasteiger partial charge in [-0.3, -0.25) is 4.57 Å². The van der Waals surface area contributed by atoms with Crippen LogP contribution in [0.25, 0.3) is 0 Å². The van der Waals surface area contributed by atoms with E-state index in [4.69, 9.17) is 14.8 Å². The number of hydrogen-bond acceptors (Lipinski definition) is 4. The van der Waals surface area contributed by atoms with Gasteiger partial charge in [-0.1, -0.05) is 24.3 Å². The van der Waals surface area contributed by atoms with Crippen molar-refractivity contribution in [3.8, 4) is 0 Å². The highest BCUT2D eigenvalue weighted by molar-refractivity contribution is 7.53. The monoisotopic (exact) mass is 313 g/mol. The zero-order valence-electron chi connectivity index (χ0n) is 14.0. The molecule has 0 amide bonds. The molecule has 0 aliphatic heterocycles. The van der Waals surface area contributed by atoms with Crippen LogP contribution in [0.4, 0.5) is 0 Å². The predicted molar refractivity (Wildman–Crippen MR) is 87.3 cm³/mol. The molecule has 0 aliphatic carbocycles. The van der Waals surface area contributed by atoms with Gasteiger partial charge in [0.2, 0.25) is 0 Å². The number of rotatable bonds is 5. The first-order chi connectivity index (χ1) is 9.42.